The smallest absolute Gasteiger partial charge is 0.119 e. The van der Waals surface area contributed by atoms with Gasteiger partial charge in [-0.3, -0.25) is 0 Å². The fourth-order valence-corrected chi connectivity index (χ4v) is 1.16. The summed E-state index contributed by atoms with van der Waals surface area (Å²) in [5.41, 5.74) is 2.79. The lowest BCUT2D eigenvalue weighted by Gasteiger charge is -2.15. The number of methoxy groups -OCH3 is 1. The van der Waals surface area contributed by atoms with E-state index < -0.39 is 0 Å². The third kappa shape index (κ3) is 0.866. The van der Waals surface area contributed by atoms with Gasteiger partial charge in [-0.25, -0.2) is 0 Å². The van der Waals surface area contributed by atoms with E-state index in [9.17, 15) is 0 Å². The molecule has 2 nitrogen and oxygen atoms in total. The molecule has 0 aliphatic heterocycles. The van der Waals surface area contributed by atoms with Gasteiger partial charge in [0, 0.05) is 0 Å². The van der Waals surface area contributed by atoms with Gasteiger partial charge in [-0.2, -0.15) is 0 Å². The van der Waals surface area contributed by atoms with Crippen LogP contribution in [0, 0.1) is 0 Å². The Morgan fingerprint density at radius 1 is 1.20 bits per heavy atom. The van der Waals surface area contributed by atoms with Crippen molar-refractivity contribution in [2.75, 3.05) is 7.11 Å². The Balaban J connectivity index is 0.000000500. The monoisotopic (exact) mass is 137 g/mol. The second-order valence-corrected chi connectivity index (χ2v) is 2.37. The molecule has 0 spiro atoms. The highest BCUT2D eigenvalue weighted by Crippen LogP contribution is 2.27. The van der Waals surface area contributed by atoms with Crippen LogP contribution in [-0.2, 0) is 6.42 Å². The summed E-state index contributed by atoms with van der Waals surface area (Å²) in [7, 11) is 1.70. The largest absolute Gasteiger partial charge is 0.497 e. The summed E-state index contributed by atoms with van der Waals surface area (Å²) in [6, 6.07) is 6.34. The summed E-state index contributed by atoms with van der Waals surface area (Å²) in [5.74, 6) is 0.994. The Morgan fingerprint density at radius 2 is 1.70 bits per heavy atom. The van der Waals surface area contributed by atoms with Gasteiger partial charge in [0.1, 0.15) is 5.75 Å². The molecular weight excluding hydrogens is 126 g/mol. The molecule has 1 aromatic carbocycles. The molecule has 0 unspecified atom stereocenters. The van der Waals surface area contributed by atoms with E-state index in [1.54, 1.807) is 7.11 Å². The SMILES string of the molecule is COc1cc2cc(c1)C2.N. The molecule has 2 bridgehead atoms. The Morgan fingerprint density at radius 3 is 2.00 bits per heavy atom. The second-order valence-electron chi connectivity index (χ2n) is 2.37. The first-order chi connectivity index (χ1) is 4.38. The van der Waals surface area contributed by atoms with Crippen LogP contribution < -0.4 is 10.9 Å². The molecule has 2 heteroatoms. The molecule has 0 aromatic heterocycles. The molecule has 10 heavy (non-hydrogen) atoms. The van der Waals surface area contributed by atoms with Crippen LogP contribution in [0.5, 0.6) is 5.75 Å². The number of ether oxygens (including phenoxy) is 1. The highest BCUT2D eigenvalue weighted by Gasteiger charge is 2.09. The van der Waals surface area contributed by atoms with Gasteiger partial charge in [0.2, 0.25) is 0 Å². The van der Waals surface area contributed by atoms with Gasteiger partial charge in [0.15, 0.2) is 0 Å². The predicted molar refractivity (Wildman–Crippen MR) is 40.8 cm³/mol. The van der Waals surface area contributed by atoms with Crippen LogP contribution in [0.3, 0.4) is 0 Å². The minimum Gasteiger partial charge on any atom is -0.497 e. The molecule has 0 heterocycles. The summed E-state index contributed by atoms with van der Waals surface area (Å²) < 4.78 is 5.04. The highest BCUT2D eigenvalue weighted by atomic mass is 16.5. The maximum atomic E-state index is 5.04. The Kier molecular flexibility index (Phi) is 1.64. The lowest BCUT2D eigenvalue weighted by atomic mass is 9.93. The fraction of sp³-hybridized carbons (Fsp3) is 0.250. The van der Waals surface area contributed by atoms with Crippen molar-refractivity contribution in [3.63, 3.8) is 0 Å². The normalized spacial score (nSPS) is 11.3. The van der Waals surface area contributed by atoms with Crippen molar-refractivity contribution < 1.29 is 4.74 Å². The lowest BCUT2D eigenvalue weighted by Crippen LogP contribution is -2.01. The molecule has 0 saturated carbocycles. The van der Waals surface area contributed by atoms with Gasteiger partial charge in [0.05, 0.1) is 7.11 Å². The van der Waals surface area contributed by atoms with Gasteiger partial charge in [-0.1, -0.05) is 6.07 Å². The van der Waals surface area contributed by atoms with E-state index in [0.29, 0.717) is 0 Å². The summed E-state index contributed by atoms with van der Waals surface area (Å²) >= 11 is 0. The first-order valence-electron chi connectivity index (χ1n) is 3.05. The maximum Gasteiger partial charge on any atom is 0.119 e. The molecule has 0 amide bonds. The van der Waals surface area contributed by atoms with E-state index in [-0.39, 0.29) is 6.15 Å². The van der Waals surface area contributed by atoms with E-state index in [1.807, 2.05) is 0 Å². The Bertz CT molecular complexity index is 225. The summed E-state index contributed by atoms with van der Waals surface area (Å²) in [6.07, 6.45) is 1.15. The molecule has 2 aliphatic rings. The van der Waals surface area contributed by atoms with Crippen molar-refractivity contribution in [3.05, 3.63) is 29.3 Å². The molecule has 0 fully saturated rings. The second kappa shape index (κ2) is 2.31. The average Bonchev–Trinajstić information content (AvgIpc) is 1.87. The third-order valence-electron chi connectivity index (χ3n) is 1.67. The van der Waals surface area contributed by atoms with Crippen molar-refractivity contribution in [2.24, 2.45) is 0 Å². The molecule has 0 atom stereocenters. The minimum absolute atomic E-state index is 0. The Labute approximate surface area is 60.4 Å². The van der Waals surface area contributed by atoms with Crippen LogP contribution >= 0.6 is 0 Å². The van der Waals surface area contributed by atoms with Crippen molar-refractivity contribution in [3.8, 4) is 5.75 Å². The van der Waals surface area contributed by atoms with Gasteiger partial charge >= 0.3 is 0 Å². The number of fused-ring (bicyclic) bond motifs is 2. The zero-order valence-electron chi connectivity index (χ0n) is 6.05. The van der Waals surface area contributed by atoms with Crippen LogP contribution in [0.2, 0.25) is 0 Å². The van der Waals surface area contributed by atoms with Gasteiger partial charge in [-0.05, 0) is 29.7 Å². The standard InChI is InChI=1S/C8H8O.H3N/c1-9-8-4-6-2-7(3-6)5-8;/h2,4-5H,3H2,1H3;1H3. The zero-order chi connectivity index (χ0) is 6.27. The average molecular weight is 137 g/mol. The van der Waals surface area contributed by atoms with Gasteiger partial charge < -0.3 is 10.9 Å². The van der Waals surface area contributed by atoms with Crippen LogP contribution in [0.15, 0.2) is 18.2 Å². The Hall–Kier alpha value is -1.02. The summed E-state index contributed by atoms with van der Waals surface area (Å²) in [6.45, 7) is 0. The molecule has 0 saturated heterocycles. The van der Waals surface area contributed by atoms with Crippen LogP contribution in [0.25, 0.3) is 0 Å². The number of benzene rings is 1. The van der Waals surface area contributed by atoms with Crippen LogP contribution in [0.1, 0.15) is 11.1 Å². The summed E-state index contributed by atoms with van der Waals surface area (Å²) in [4.78, 5) is 0. The van der Waals surface area contributed by atoms with Crippen molar-refractivity contribution >= 4 is 0 Å². The number of rotatable bonds is 1. The predicted octanol–water partition coefficient (Wildman–Crippen LogP) is 1.76. The molecular formula is C8H11NO. The van der Waals surface area contributed by atoms with E-state index >= 15 is 0 Å². The van der Waals surface area contributed by atoms with E-state index in [2.05, 4.69) is 18.2 Å². The number of hydrogen-bond acceptors (Lipinski definition) is 2. The fourth-order valence-electron chi connectivity index (χ4n) is 1.16. The van der Waals surface area contributed by atoms with E-state index in [1.165, 1.54) is 11.1 Å². The molecule has 54 valence electrons. The van der Waals surface area contributed by atoms with Crippen LogP contribution in [-0.4, -0.2) is 7.11 Å². The van der Waals surface area contributed by atoms with Gasteiger partial charge in [-0.15, -0.1) is 0 Å². The van der Waals surface area contributed by atoms with E-state index in [0.717, 1.165) is 12.2 Å². The quantitative estimate of drug-likeness (QED) is 0.650. The molecule has 0 radical (unpaired) electrons. The van der Waals surface area contributed by atoms with E-state index in [4.69, 9.17) is 4.74 Å². The zero-order valence-corrected chi connectivity index (χ0v) is 6.05. The topological polar surface area (TPSA) is 44.2 Å². The molecule has 2 aliphatic carbocycles. The molecule has 3 rings (SSSR count). The molecule has 3 N–H and O–H groups in total. The van der Waals surface area contributed by atoms with Crippen LogP contribution in [0.4, 0.5) is 0 Å². The first kappa shape index (κ1) is 7.09. The number of hydrogen-bond donors (Lipinski definition) is 1. The summed E-state index contributed by atoms with van der Waals surface area (Å²) in [5, 5.41) is 0. The highest BCUT2D eigenvalue weighted by molar-refractivity contribution is 5.44. The third-order valence-corrected chi connectivity index (χ3v) is 1.67. The van der Waals surface area contributed by atoms with Crippen molar-refractivity contribution in [1.29, 1.82) is 0 Å². The minimum atomic E-state index is 0. The maximum absolute atomic E-state index is 5.04. The van der Waals surface area contributed by atoms with Crippen molar-refractivity contribution in [2.45, 2.75) is 6.42 Å². The van der Waals surface area contributed by atoms with Gasteiger partial charge in [0.25, 0.3) is 0 Å². The molecule has 1 aromatic rings. The van der Waals surface area contributed by atoms with Crippen molar-refractivity contribution in [1.82, 2.24) is 6.15 Å². The first-order valence-corrected chi connectivity index (χ1v) is 3.05. The lowest BCUT2D eigenvalue weighted by molar-refractivity contribution is 0.412.